The van der Waals surface area contributed by atoms with Crippen LogP contribution in [0.5, 0.6) is 0 Å². The van der Waals surface area contributed by atoms with Crippen LogP contribution >= 0.6 is 0 Å². The Morgan fingerprint density at radius 2 is 2.40 bits per heavy atom. The summed E-state index contributed by atoms with van der Waals surface area (Å²) >= 11 is 0. The topological polar surface area (TPSA) is 38.7 Å². The summed E-state index contributed by atoms with van der Waals surface area (Å²) in [6, 6.07) is 1.76. The summed E-state index contributed by atoms with van der Waals surface area (Å²) in [4.78, 5) is 11.6. The Kier molecular flexibility index (Phi) is 0.875. The summed E-state index contributed by atoms with van der Waals surface area (Å²) in [6.45, 7) is 0. The van der Waals surface area contributed by atoms with Crippen LogP contribution in [-0.2, 0) is 0 Å². The van der Waals surface area contributed by atoms with Crippen molar-refractivity contribution in [2.75, 3.05) is 0 Å². The van der Waals surface area contributed by atoms with Gasteiger partial charge in [0.1, 0.15) is 6.33 Å². The first kappa shape index (κ1) is 4.33. The Labute approximate surface area is 59.2 Å². The third kappa shape index (κ3) is 0.719. The lowest BCUT2D eigenvalue weighted by Gasteiger charge is -1.90. The highest BCUT2D eigenvalue weighted by Crippen LogP contribution is 2.04. The van der Waals surface area contributed by atoms with Crippen LogP contribution in [0.25, 0.3) is 10.9 Å². The molecule has 0 atom stereocenters. The quantitative estimate of drug-likeness (QED) is 0.537. The number of fused-ring (bicyclic) bond motifs is 1. The molecule has 2 aromatic rings. The van der Waals surface area contributed by atoms with E-state index in [1.165, 1.54) is 6.33 Å². The van der Waals surface area contributed by atoms with Gasteiger partial charge in [-0.25, -0.2) is 9.97 Å². The number of nitrogens with zero attached hydrogens (tertiary/aromatic N) is 3. The highest BCUT2D eigenvalue weighted by Gasteiger charge is 1.88. The normalized spacial score (nSPS) is 11.4. The molecule has 48 valence electrons. The fourth-order valence-electron chi connectivity index (χ4n) is 0.775. The van der Waals surface area contributed by atoms with Gasteiger partial charge in [-0.3, -0.25) is 4.98 Å². The summed E-state index contributed by atoms with van der Waals surface area (Å²) in [6.07, 6.45) is 4.85. The number of pyridine rings is 1. The molecule has 2 heterocycles. The first-order chi connectivity index (χ1) is 5.38. The summed E-state index contributed by atoms with van der Waals surface area (Å²) < 4.78 is 7.37. The lowest BCUT2D eigenvalue weighted by Crippen LogP contribution is -1.80. The highest BCUT2D eigenvalue weighted by atomic mass is 14.8. The predicted molar refractivity (Wildman–Crippen MR) is 37.3 cm³/mol. The van der Waals surface area contributed by atoms with Crippen LogP contribution in [0, 0.1) is 0 Å². The number of hydrogen-bond donors (Lipinski definition) is 0. The van der Waals surface area contributed by atoms with E-state index in [9.17, 15) is 0 Å². The summed E-state index contributed by atoms with van der Waals surface area (Å²) in [5.41, 5.74) is 0.764. The summed E-state index contributed by atoms with van der Waals surface area (Å²) in [5, 5.41) is 0.690. The van der Waals surface area contributed by atoms with Gasteiger partial charge in [-0.15, -0.1) is 0 Å². The molecule has 0 N–H and O–H groups in total. The van der Waals surface area contributed by atoms with Crippen molar-refractivity contribution in [3.05, 3.63) is 31.0 Å². The van der Waals surface area contributed by atoms with E-state index < -0.39 is 0 Å². The van der Waals surface area contributed by atoms with Crippen LogP contribution < -0.4 is 0 Å². The molecule has 0 amide bonds. The zero-order chi connectivity index (χ0) is 7.68. The lowest BCUT2D eigenvalue weighted by atomic mass is 10.3. The maximum absolute atomic E-state index is 7.37. The maximum atomic E-state index is 7.37. The van der Waals surface area contributed by atoms with E-state index in [1.807, 2.05) is 0 Å². The van der Waals surface area contributed by atoms with Crippen molar-refractivity contribution < 1.29 is 1.37 Å². The van der Waals surface area contributed by atoms with Gasteiger partial charge in [0.25, 0.3) is 0 Å². The van der Waals surface area contributed by atoms with E-state index in [-0.39, 0.29) is 6.17 Å². The average Bonchev–Trinajstić information content (AvgIpc) is 2.06. The SMILES string of the molecule is [2H]c1ncnc2ccncc12. The van der Waals surface area contributed by atoms with Crippen LogP contribution in [0.4, 0.5) is 0 Å². The van der Waals surface area contributed by atoms with Gasteiger partial charge in [0, 0.05) is 24.0 Å². The second-order valence-corrected chi connectivity index (χ2v) is 1.88. The predicted octanol–water partition coefficient (Wildman–Crippen LogP) is 1.02. The van der Waals surface area contributed by atoms with E-state index >= 15 is 0 Å². The van der Waals surface area contributed by atoms with Gasteiger partial charge in [0.05, 0.1) is 6.89 Å². The van der Waals surface area contributed by atoms with E-state index in [0.717, 1.165) is 5.52 Å². The molecule has 0 saturated carbocycles. The molecule has 2 rings (SSSR count). The molecule has 0 unspecified atom stereocenters. The van der Waals surface area contributed by atoms with Gasteiger partial charge in [0.15, 0.2) is 0 Å². The van der Waals surface area contributed by atoms with Gasteiger partial charge in [0.2, 0.25) is 0 Å². The minimum atomic E-state index is 0.225. The van der Waals surface area contributed by atoms with E-state index in [1.54, 1.807) is 18.5 Å². The molecule has 2 aromatic heterocycles. The van der Waals surface area contributed by atoms with E-state index in [0.29, 0.717) is 5.39 Å². The highest BCUT2D eigenvalue weighted by molar-refractivity contribution is 5.75. The van der Waals surface area contributed by atoms with Gasteiger partial charge in [-0.05, 0) is 6.07 Å². The van der Waals surface area contributed by atoms with Gasteiger partial charge in [-0.2, -0.15) is 0 Å². The molecule has 0 aliphatic heterocycles. The molecule has 0 fully saturated rings. The van der Waals surface area contributed by atoms with Crippen molar-refractivity contribution in [1.82, 2.24) is 15.0 Å². The van der Waals surface area contributed by atoms with Crippen molar-refractivity contribution >= 4 is 10.9 Å². The van der Waals surface area contributed by atoms with Crippen molar-refractivity contribution in [3.63, 3.8) is 0 Å². The molecule has 0 aromatic carbocycles. The number of rotatable bonds is 0. The second-order valence-electron chi connectivity index (χ2n) is 1.88. The molecule has 0 bridgehead atoms. The van der Waals surface area contributed by atoms with Crippen molar-refractivity contribution in [1.29, 1.82) is 0 Å². The Bertz CT molecular complexity index is 383. The largest absolute Gasteiger partial charge is 0.264 e. The molecule has 0 aliphatic rings. The fourth-order valence-corrected chi connectivity index (χ4v) is 0.775. The molecule has 0 spiro atoms. The molecule has 0 saturated heterocycles. The number of hydrogen-bond acceptors (Lipinski definition) is 3. The zero-order valence-corrected chi connectivity index (χ0v) is 5.15. The smallest absolute Gasteiger partial charge is 0.116 e. The third-order valence-corrected chi connectivity index (χ3v) is 1.24. The van der Waals surface area contributed by atoms with Gasteiger partial charge >= 0.3 is 0 Å². The van der Waals surface area contributed by atoms with Crippen molar-refractivity contribution in [2.24, 2.45) is 0 Å². The monoisotopic (exact) mass is 132 g/mol. The minimum absolute atomic E-state index is 0.225. The minimum Gasteiger partial charge on any atom is -0.264 e. The first-order valence-corrected chi connectivity index (χ1v) is 2.89. The third-order valence-electron chi connectivity index (χ3n) is 1.24. The second kappa shape index (κ2) is 2.02. The lowest BCUT2D eigenvalue weighted by molar-refractivity contribution is 1.21. The Balaban J connectivity index is 2.91. The van der Waals surface area contributed by atoms with Crippen molar-refractivity contribution in [3.8, 4) is 0 Å². The molecular formula is C7H5N3. The molecule has 3 nitrogen and oxygen atoms in total. The Morgan fingerprint density at radius 3 is 3.30 bits per heavy atom. The van der Waals surface area contributed by atoms with E-state index in [4.69, 9.17) is 1.37 Å². The zero-order valence-electron chi connectivity index (χ0n) is 6.15. The fraction of sp³-hybridized carbons (Fsp3) is 0. The van der Waals surface area contributed by atoms with Crippen LogP contribution in [-0.4, -0.2) is 15.0 Å². The molecular weight excluding hydrogens is 126 g/mol. The molecule has 3 heteroatoms. The van der Waals surface area contributed by atoms with Gasteiger partial charge in [-0.1, -0.05) is 0 Å². The van der Waals surface area contributed by atoms with Crippen molar-refractivity contribution in [2.45, 2.75) is 0 Å². The Hall–Kier alpha value is -1.51. The van der Waals surface area contributed by atoms with Gasteiger partial charge < -0.3 is 0 Å². The molecule has 10 heavy (non-hydrogen) atoms. The summed E-state index contributed by atoms with van der Waals surface area (Å²) in [7, 11) is 0. The maximum Gasteiger partial charge on any atom is 0.116 e. The average molecular weight is 132 g/mol. The first-order valence-electron chi connectivity index (χ1n) is 3.39. The van der Waals surface area contributed by atoms with Crippen LogP contribution in [0.2, 0.25) is 0 Å². The van der Waals surface area contributed by atoms with Crippen LogP contribution in [0.3, 0.4) is 0 Å². The van der Waals surface area contributed by atoms with Crippen LogP contribution in [0.1, 0.15) is 1.37 Å². The van der Waals surface area contributed by atoms with E-state index in [2.05, 4.69) is 15.0 Å². The molecule has 0 aliphatic carbocycles. The number of aromatic nitrogens is 3. The summed E-state index contributed by atoms with van der Waals surface area (Å²) in [5.74, 6) is 0. The standard InChI is InChI=1S/C7H5N3/c1-2-8-3-6-4-9-5-10-7(1)6/h1-5H/i4D. The Morgan fingerprint density at radius 1 is 1.40 bits per heavy atom. The van der Waals surface area contributed by atoms with Crippen LogP contribution in [0.15, 0.2) is 31.0 Å². The molecule has 0 radical (unpaired) electrons.